The molecule has 1 unspecified atom stereocenters. The Morgan fingerprint density at radius 2 is 1.63 bits per heavy atom. The summed E-state index contributed by atoms with van der Waals surface area (Å²) in [7, 11) is 0. The first-order chi connectivity index (χ1) is 18.7. The van der Waals surface area contributed by atoms with Crippen molar-refractivity contribution in [3.63, 3.8) is 0 Å². The maximum absolute atomic E-state index is 12.4. The van der Waals surface area contributed by atoms with Gasteiger partial charge >= 0.3 is 6.03 Å². The van der Waals surface area contributed by atoms with E-state index in [2.05, 4.69) is 68.4 Å². The number of rotatable bonds is 6. The lowest BCUT2D eigenvalue weighted by Crippen LogP contribution is -2.36. The van der Waals surface area contributed by atoms with E-state index >= 15 is 0 Å². The van der Waals surface area contributed by atoms with Gasteiger partial charge in [0.25, 0.3) is 0 Å². The molecule has 4 aromatic rings. The predicted octanol–water partition coefficient (Wildman–Crippen LogP) is 5.84. The first kappa shape index (κ1) is 24.1. The van der Waals surface area contributed by atoms with Gasteiger partial charge in [-0.25, -0.2) is 9.48 Å². The third kappa shape index (κ3) is 5.50. The van der Waals surface area contributed by atoms with Gasteiger partial charge in [-0.15, -0.1) is 0 Å². The second-order valence-electron chi connectivity index (χ2n) is 9.74. The van der Waals surface area contributed by atoms with Crippen LogP contribution in [0.1, 0.15) is 30.0 Å². The van der Waals surface area contributed by atoms with Crippen LogP contribution in [0.4, 0.5) is 27.5 Å². The molecule has 1 saturated heterocycles. The number of carbonyl (C=O) groups excluding carboxylic acids is 1. The number of urea groups is 1. The smallest absolute Gasteiger partial charge is 0.323 e. The number of para-hydroxylation sites is 1. The molecule has 2 heterocycles. The summed E-state index contributed by atoms with van der Waals surface area (Å²) in [5.41, 5.74) is 7.38. The molecule has 0 spiro atoms. The lowest BCUT2D eigenvalue weighted by molar-refractivity contribution is 0.122. The average molecular weight is 509 g/mol. The van der Waals surface area contributed by atoms with Gasteiger partial charge in [-0.1, -0.05) is 24.3 Å². The lowest BCUT2D eigenvalue weighted by atomic mass is 9.87. The Balaban J connectivity index is 1.14. The van der Waals surface area contributed by atoms with E-state index in [-0.39, 0.29) is 12.1 Å². The summed E-state index contributed by atoms with van der Waals surface area (Å²) >= 11 is 0. The number of amides is 2. The van der Waals surface area contributed by atoms with Gasteiger partial charge in [-0.3, -0.25) is 0 Å². The average Bonchev–Trinajstić information content (AvgIpc) is 3.43. The maximum Gasteiger partial charge on any atom is 0.323 e. The third-order valence-electron chi connectivity index (χ3n) is 7.16. The molecule has 1 aromatic heterocycles. The Labute approximate surface area is 222 Å². The van der Waals surface area contributed by atoms with E-state index in [1.807, 2.05) is 36.5 Å². The number of fused-ring (bicyclic) bond motifs is 1. The molecule has 194 valence electrons. The summed E-state index contributed by atoms with van der Waals surface area (Å²) in [4.78, 5) is 14.7. The van der Waals surface area contributed by atoms with Gasteiger partial charge in [-0.2, -0.15) is 5.10 Å². The minimum absolute atomic E-state index is 0.234. The van der Waals surface area contributed by atoms with Crippen LogP contribution < -0.4 is 20.9 Å². The number of carbonyl (C=O) groups is 1. The van der Waals surface area contributed by atoms with Gasteiger partial charge in [0.2, 0.25) is 0 Å². The maximum atomic E-state index is 12.4. The molecule has 0 radical (unpaired) electrons. The Bertz CT molecular complexity index is 1380. The molecule has 2 amide bonds. The van der Waals surface area contributed by atoms with Crippen LogP contribution in [0, 0.1) is 0 Å². The second-order valence-corrected chi connectivity index (χ2v) is 9.74. The molecule has 8 nitrogen and oxygen atoms in total. The highest BCUT2D eigenvalue weighted by Crippen LogP contribution is 2.34. The molecule has 0 bridgehead atoms. The zero-order chi connectivity index (χ0) is 25.7. The molecule has 38 heavy (non-hydrogen) atoms. The molecule has 3 N–H and O–H groups in total. The number of hydrogen-bond donors (Lipinski definition) is 3. The van der Waals surface area contributed by atoms with Gasteiger partial charge in [0.1, 0.15) is 0 Å². The van der Waals surface area contributed by atoms with Gasteiger partial charge in [0, 0.05) is 30.2 Å². The van der Waals surface area contributed by atoms with Crippen LogP contribution in [0.5, 0.6) is 0 Å². The van der Waals surface area contributed by atoms with Gasteiger partial charge in [-0.05, 0) is 78.9 Å². The van der Waals surface area contributed by atoms with Crippen LogP contribution in [0.25, 0.3) is 5.69 Å². The van der Waals surface area contributed by atoms with Crippen molar-refractivity contribution in [2.75, 3.05) is 47.2 Å². The fourth-order valence-corrected chi connectivity index (χ4v) is 5.21. The molecular formula is C30H32N6O2. The lowest BCUT2D eigenvalue weighted by Gasteiger charge is -2.30. The van der Waals surface area contributed by atoms with Crippen LogP contribution in [0.15, 0.2) is 85.2 Å². The van der Waals surface area contributed by atoms with E-state index in [1.54, 1.807) is 10.9 Å². The number of aryl methyl sites for hydroxylation is 1. The van der Waals surface area contributed by atoms with Crippen molar-refractivity contribution < 1.29 is 9.53 Å². The van der Waals surface area contributed by atoms with Gasteiger partial charge < -0.3 is 25.6 Å². The summed E-state index contributed by atoms with van der Waals surface area (Å²) in [5, 5.41) is 13.9. The molecule has 1 aliphatic heterocycles. The summed E-state index contributed by atoms with van der Waals surface area (Å²) < 4.78 is 7.29. The number of aromatic nitrogens is 2. The first-order valence-corrected chi connectivity index (χ1v) is 13.2. The van der Waals surface area contributed by atoms with Gasteiger partial charge in [0.05, 0.1) is 43.0 Å². The number of ether oxygens (including phenoxy) is 1. The molecule has 6 rings (SSSR count). The summed E-state index contributed by atoms with van der Waals surface area (Å²) in [5.74, 6) is 0. The Kier molecular flexibility index (Phi) is 6.95. The fraction of sp³-hybridized carbons (Fsp3) is 0.267. The molecule has 8 heteroatoms. The summed E-state index contributed by atoms with van der Waals surface area (Å²) in [6, 6.07) is 24.6. The van der Waals surface area contributed by atoms with Crippen molar-refractivity contribution in [1.29, 1.82) is 0 Å². The predicted molar refractivity (Wildman–Crippen MR) is 151 cm³/mol. The van der Waals surface area contributed by atoms with Crippen molar-refractivity contribution >= 4 is 28.8 Å². The Morgan fingerprint density at radius 1 is 0.868 bits per heavy atom. The van der Waals surface area contributed by atoms with Crippen LogP contribution >= 0.6 is 0 Å². The van der Waals surface area contributed by atoms with Crippen LogP contribution in [-0.2, 0) is 11.2 Å². The van der Waals surface area contributed by atoms with Crippen molar-refractivity contribution in [3.05, 3.63) is 96.3 Å². The molecule has 3 aromatic carbocycles. The normalized spacial score (nSPS) is 16.9. The third-order valence-corrected chi connectivity index (χ3v) is 7.16. The van der Waals surface area contributed by atoms with E-state index in [1.165, 1.54) is 16.8 Å². The number of morpholine rings is 1. The summed E-state index contributed by atoms with van der Waals surface area (Å²) in [6.45, 7) is 3.45. The Morgan fingerprint density at radius 3 is 2.45 bits per heavy atom. The minimum Gasteiger partial charge on any atom is -0.378 e. The first-order valence-electron chi connectivity index (χ1n) is 13.2. The zero-order valence-corrected chi connectivity index (χ0v) is 21.3. The van der Waals surface area contributed by atoms with E-state index in [9.17, 15) is 4.79 Å². The number of nitrogens with zero attached hydrogens (tertiary/aromatic N) is 3. The Hall–Kier alpha value is -4.30. The standard InChI is InChI=1S/C30H32N6O2/c37-30(33-23-6-2-1-3-7-23)34-25-20-31-36(21-25)27-12-9-22-5-4-8-29(28(22)19-27)32-24-10-13-26(14-11-24)35-15-17-38-18-16-35/h1-3,6-7,9-14,19-21,29,32H,4-5,8,15-18H2,(H2,33,34,37). The number of anilines is 4. The van der Waals surface area contributed by atoms with Crippen molar-refractivity contribution in [3.8, 4) is 5.69 Å². The quantitative estimate of drug-likeness (QED) is 0.305. The highest BCUT2D eigenvalue weighted by atomic mass is 16.5. The van der Waals surface area contributed by atoms with Gasteiger partial charge in [0.15, 0.2) is 0 Å². The highest BCUT2D eigenvalue weighted by molar-refractivity contribution is 5.99. The molecule has 1 fully saturated rings. The topological polar surface area (TPSA) is 83.5 Å². The van der Waals surface area contributed by atoms with Crippen molar-refractivity contribution in [1.82, 2.24) is 9.78 Å². The van der Waals surface area contributed by atoms with E-state index in [4.69, 9.17) is 4.74 Å². The number of nitrogens with one attached hydrogen (secondary N) is 3. The fourth-order valence-electron chi connectivity index (χ4n) is 5.21. The van der Waals surface area contributed by atoms with Crippen molar-refractivity contribution in [2.45, 2.75) is 25.3 Å². The van der Waals surface area contributed by atoms with Crippen LogP contribution in [0.3, 0.4) is 0 Å². The molecule has 0 saturated carbocycles. The van der Waals surface area contributed by atoms with E-state index in [0.717, 1.165) is 62.6 Å². The SMILES string of the molecule is O=C(Nc1ccccc1)Nc1cnn(-c2ccc3c(c2)C(Nc2ccc(N4CCOCC4)cc2)CCC3)c1. The second kappa shape index (κ2) is 11.0. The summed E-state index contributed by atoms with van der Waals surface area (Å²) in [6.07, 6.45) is 6.81. The van der Waals surface area contributed by atoms with Crippen LogP contribution in [-0.4, -0.2) is 42.1 Å². The highest BCUT2D eigenvalue weighted by Gasteiger charge is 2.21. The van der Waals surface area contributed by atoms with Crippen LogP contribution in [0.2, 0.25) is 0 Å². The molecule has 1 aliphatic carbocycles. The number of hydrogen-bond acceptors (Lipinski definition) is 5. The van der Waals surface area contributed by atoms with E-state index in [0.29, 0.717) is 5.69 Å². The monoisotopic (exact) mass is 508 g/mol. The van der Waals surface area contributed by atoms with Crippen molar-refractivity contribution in [2.24, 2.45) is 0 Å². The number of benzene rings is 3. The largest absolute Gasteiger partial charge is 0.378 e. The minimum atomic E-state index is -0.301. The molecule has 1 atom stereocenters. The molecular weight excluding hydrogens is 476 g/mol. The zero-order valence-electron chi connectivity index (χ0n) is 21.3. The molecule has 2 aliphatic rings. The van der Waals surface area contributed by atoms with E-state index < -0.39 is 0 Å².